The quantitative estimate of drug-likeness (QED) is 0.737. The first kappa shape index (κ1) is 20.8. The molecule has 1 unspecified atom stereocenters. The van der Waals surface area contributed by atoms with Gasteiger partial charge in [-0.25, -0.2) is 0 Å². The highest BCUT2D eigenvalue weighted by Gasteiger charge is 2.30. The molecule has 1 aromatic carbocycles. The Morgan fingerprint density at radius 1 is 0.931 bits per heavy atom. The maximum atomic E-state index is 13.0. The van der Waals surface area contributed by atoms with Gasteiger partial charge >= 0.3 is 0 Å². The molecule has 5 nitrogen and oxygen atoms in total. The van der Waals surface area contributed by atoms with Crippen LogP contribution < -0.4 is 0 Å². The molecule has 0 saturated carbocycles. The minimum atomic E-state index is 0.339. The Bertz CT molecular complexity index is 665. The molecule has 5 heteroatoms. The van der Waals surface area contributed by atoms with Crippen molar-refractivity contribution in [2.75, 3.05) is 58.9 Å². The smallest absolute Gasteiger partial charge is 0.236 e. The van der Waals surface area contributed by atoms with E-state index in [4.69, 9.17) is 0 Å². The SMILES string of the molecule is Cc1cccc(CN2CCN(C(=O)CN3CCCC3CN3CCCCC3)CC2)c1. The maximum absolute atomic E-state index is 13.0. The number of likely N-dealkylation sites (tertiary alicyclic amines) is 2. The first-order chi connectivity index (χ1) is 14.2. The van der Waals surface area contributed by atoms with Gasteiger partial charge in [-0.2, -0.15) is 0 Å². The minimum Gasteiger partial charge on any atom is -0.339 e. The van der Waals surface area contributed by atoms with Crippen molar-refractivity contribution in [2.45, 2.75) is 51.6 Å². The number of piperidine rings is 1. The van der Waals surface area contributed by atoms with Crippen LogP contribution in [0.25, 0.3) is 0 Å². The zero-order valence-electron chi connectivity index (χ0n) is 18.2. The zero-order valence-corrected chi connectivity index (χ0v) is 18.2. The molecule has 3 saturated heterocycles. The molecule has 3 fully saturated rings. The van der Waals surface area contributed by atoms with Crippen molar-refractivity contribution in [3.05, 3.63) is 35.4 Å². The van der Waals surface area contributed by atoms with Gasteiger partial charge in [0.15, 0.2) is 0 Å². The molecule has 1 atom stereocenters. The molecular formula is C24H38N4O. The van der Waals surface area contributed by atoms with Gasteiger partial charge in [0.2, 0.25) is 5.91 Å². The summed E-state index contributed by atoms with van der Waals surface area (Å²) in [6.07, 6.45) is 6.58. The fraction of sp³-hybridized carbons (Fsp3) is 0.708. The van der Waals surface area contributed by atoms with E-state index in [0.717, 1.165) is 45.8 Å². The molecule has 29 heavy (non-hydrogen) atoms. The summed E-state index contributed by atoms with van der Waals surface area (Å²) in [5.74, 6) is 0.339. The molecule has 0 spiro atoms. The van der Waals surface area contributed by atoms with E-state index in [1.807, 2.05) is 0 Å². The third-order valence-electron chi connectivity index (χ3n) is 6.97. The van der Waals surface area contributed by atoms with E-state index >= 15 is 0 Å². The number of hydrogen-bond donors (Lipinski definition) is 0. The van der Waals surface area contributed by atoms with Gasteiger partial charge in [-0.1, -0.05) is 36.2 Å². The fourth-order valence-electron chi connectivity index (χ4n) is 5.25. The topological polar surface area (TPSA) is 30.0 Å². The van der Waals surface area contributed by atoms with Crippen LogP contribution in [0.4, 0.5) is 0 Å². The Morgan fingerprint density at radius 2 is 1.72 bits per heavy atom. The van der Waals surface area contributed by atoms with Crippen LogP contribution in [-0.2, 0) is 11.3 Å². The lowest BCUT2D eigenvalue weighted by molar-refractivity contribution is -0.134. The molecule has 3 aliphatic rings. The average Bonchev–Trinajstić information content (AvgIpc) is 3.16. The van der Waals surface area contributed by atoms with Crippen LogP contribution in [0.2, 0.25) is 0 Å². The van der Waals surface area contributed by atoms with Crippen LogP contribution in [0.1, 0.15) is 43.2 Å². The number of carbonyl (C=O) groups excluding carboxylic acids is 1. The standard InChI is InChI=1S/C24H38N4O/c1-21-7-5-8-22(17-21)18-26-13-15-27(16-14-26)24(29)20-28-12-6-9-23(28)19-25-10-3-2-4-11-25/h5,7-8,17,23H,2-4,6,9-16,18-20H2,1H3. The molecule has 4 rings (SSSR count). The Morgan fingerprint density at radius 3 is 2.48 bits per heavy atom. The predicted molar refractivity (Wildman–Crippen MR) is 118 cm³/mol. The van der Waals surface area contributed by atoms with E-state index in [-0.39, 0.29) is 0 Å². The fourth-order valence-corrected chi connectivity index (χ4v) is 5.25. The highest BCUT2D eigenvalue weighted by Crippen LogP contribution is 2.20. The van der Waals surface area contributed by atoms with E-state index in [0.29, 0.717) is 18.5 Å². The molecule has 0 aliphatic carbocycles. The summed E-state index contributed by atoms with van der Waals surface area (Å²) in [5.41, 5.74) is 2.70. The van der Waals surface area contributed by atoms with Crippen LogP contribution in [0, 0.1) is 6.92 Å². The Balaban J connectivity index is 1.22. The summed E-state index contributed by atoms with van der Waals surface area (Å²) in [5, 5.41) is 0. The van der Waals surface area contributed by atoms with Gasteiger partial charge in [0, 0.05) is 45.3 Å². The van der Waals surface area contributed by atoms with Gasteiger partial charge in [-0.3, -0.25) is 14.6 Å². The van der Waals surface area contributed by atoms with Crippen molar-refractivity contribution < 1.29 is 4.79 Å². The maximum Gasteiger partial charge on any atom is 0.236 e. The minimum absolute atomic E-state index is 0.339. The normalized spacial score (nSPS) is 24.9. The van der Waals surface area contributed by atoms with Crippen molar-refractivity contribution in [3.63, 3.8) is 0 Å². The van der Waals surface area contributed by atoms with E-state index in [2.05, 4.69) is 50.8 Å². The van der Waals surface area contributed by atoms with Gasteiger partial charge in [0.1, 0.15) is 0 Å². The van der Waals surface area contributed by atoms with Crippen molar-refractivity contribution in [1.82, 2.24) is 19.6 Å². The second kappa shape index (κ2) is 10.1. The molecular weight excluding hydrogens is 360 g/mol. The van der Waals surface area contributed by atoms with Crippen molar-refractivity contribution >= 4 is 5.91 Å². The van der Waals surface area contributed by atoms with Crippen molar-refractivity contribution in [2.24, 2.45) is 0 Å². The third-order valence-corrected chi connectivity index (χ3v) is 6.97. The number of nitrogens with zero attached hydrogens (tertiary/aromatic N) is 4. The molecule has 3 heterocycles. The van der Waals surface area contributed by atoms with Crippen LogP contribution in [0.5, 0.6) is 0 Å². The molecule has 160 valence electrons. The predicted octanol–water partition coefficient (Wildman–Crippen LogP) is 2.59. The van der Waals surface area contributed by atoms with Gasteiger partial charge in [0.05, 0.1) is 6.54 Å². The van der Waals surface area contributed by atoms with Gasteiger partial charge < -0.3 is 9.80 Å². The summed E-state index contributed by atoms with van der Waals surface area (Å²) in [4.78, 5) is 22.6. The van der Waals surface area contributed by atoms with Crippen molar-refractivity contribution in [1.29, 1.82) is 0 Å². The Hall–Kier alpha value is -1.43. The highest BCUT2D eigenvalue weighted by atomic mass is 16.2. The number of carbonyl (C=O) groups is 1. The Kier molecular flexibility index (Phi) is 7.22. The van der Waals surface area contributed by atoms with E-state index < -0.39 is 0 Å². The van der Waals surface area contributed by atoms with Crippen LogP contribution in [0.15, 0.2) is 24.3 Å². The lowest BCUT2D eigenvalue weighted by atomic mass is 10.1. The van der Waals surface area contributed by atoms with E-state index in [1.165, 1.54) is 56.3 Å². The molecule has 3 aliphatic heterocycles. The second-order valence-electron chi connectivity index (χ2n) is 9.27. The molecule has 0 N–H and O–H groups in total. The summed E-state index contributed by atoms with van der Waals surface area (Å²) in [7, 11) is 0. The number of aryl methyl sites for hydroxylation is 1. The number of hydrogen-bond acceptors (Lipinski definition) is 4. The first-order valence-corrected chi connectivity index (χ1v) is 11.7. The van der Waals surface area contributed by atoms with Gasteiger partial charge in [-0.05, 0) is 57.8 Å². The van der Waals surface area contributed by atoms with E-state index in [1.54, 1.807) is 0 Å². The van der Waals surface area contributed by atoms with Gasteiger partial charge in [-0.15, -0.1) is 0 Å². The van der Waals surface area contributed by atoms with Crippen LogP contribution in [0.3, 0.4) is 0 Å². The van der Waals surface area contributed by atoms with E-state index in [9.17, 15) is 4.79 Å². The molecule has 0 bridgehead atoms. The Labute approximate surface area is 176 Å². The highest BCUT2D eigenvalue weighted by molar-refractivity contribution is 5.78. The summed E-state index contributed by atoms with van der Waals surface area (Å²) >= 11 is 0. The number of benzene rings is 1. The number of rotatable bonds is 6. The van der Waals surface area contributed by atoms with Gasteiger partial charge in [0.25, 0.3) is 0 Å². The lowest BCUT2D eigenvalue weighted by Crippen LogP contribution is -2.52. The molecule has 0 aromatic heterocycles. The summed E-state index contributed by atoms with van der Waals surface area (Å²) in [6.45, 7) is 12.2. The lowest BCUT2D eigenvalue weighted by Gasteiger charge is -2.37. The number of piperazine rings is 1. The summed E-state index contributed by atoms with van der Waals surface area (Å²) in [6, 6.07) is 9.35. The zero-order chi connectivity index (χ0) is 20.1. The second-order valence-corrected chi connectivity index (χ2v) is 9.27. The van der Waals surface area contributed by atoms with Crippen LogP contribution in [-0.4, -0.2) is 90.5 Å². The largest absolute Gasteiger partial charge is 0.339 e. The first-order valence-electron chi connectivity index (χ1n) is 11.7. The number of amides is 1. The monoisotopic (exact) mass is 398 g/mol. The summed E-state index contributed by atoms with van der Waals surface area (Å²) < 4.78 is 0. The van der Waals surface area contributed by atoms with Crippen LogP contribution >= 0.6 is 0 Å². The molecule has 1 amide bonds. The molecule has 1 aromatic rings. The molecule has 0 radical (unpaired) electrons. The average molecular weight is 399 g/mol. The third kappa shape index (κ3) is 5.80. The van der Waals surface area contributed by atoms with Crippen molar-refractivity contribution in [3.8, 4) is 0 Å².